The predicted octanol–water partition coefficient (Wildman–Crippen LogP) is 0.698. The van der Waals surface area contributed by atoms with Crippen LogP contribution in [0.25, 0.3) is 0 Å². The fourth-order valence-corrected chi connectivity index (χ4v) is 2.05. The zero-order valence-corrected chi connectivity index (χ0v) is 11.4. The largest absolute Gasteiger partial charge is 0.396 e. The first-order chi connectivity index (χ1) is 9.33. The number of aromatic nitrogens is 3. The van der Waals surface area contributed by atoms with E-state index in [1.54, 1.807) is 7.05 Å². The van der Waals surface area contributed by atoms with Crippen LogP contribution in [0.15, 0.2) is 0 Å². The molecule has 7 heteroatoms. The van der Waals surface area contributed by atoms with Crippen LogP contribution >= 0.6 is 0 Å². The number of anilines is 3. The van der Waals surface area contributed by atoms with Gasteiger partial charge in [0, 0.05) is 33.3 Å². The quantitative estimate of drug-likeness (QED) is 0.626. The molecule has 0 atom stereocenters. The summed E-state index contributed by atoms with van der Waals surface area (Å²) in [6.07, 6.45) is 4.08. The summed E-state index contributed by atoms with van der Waals surface area (Å²) in [4.78, 5) is 15.3. The molecule has 0 amide bonds. The number of aliphatic hydroxyl groups is 1. The van der Waals surface area contributed by atoms with E-state index in [0.29, 0.717) is 11.9 Å². The maximum atomic E-state index is 8.75. The molecule has 0 aliphatic carbocycles. The number of aliphatic hydroxyl groups excluding tert-OH is 1. The molecular weight excluding hydrogens is 244 g/mol. The Labute approximate surface area is 113 Å². The van der Waals surface area contributed by atoms with Gasteiger partial charge in [-0.3, -0.25) is 0 Å². The Balaban J connectivity index is 2.02. The minimum atomic E-state index is 0.222. The minimum absolute atomic E-state index is 0.222. The number of rotatable bonds is 7. The molecule has 0 saturated carbocycles. The van der Waals surface area contributed by atoms with Gasteiger partial charge in [0.15, 0.2) is 0 Å². The van der Waals surface area contributed by atoms with Crippen LogP contribution in [0, 0.1) is 0 Å². The van der Waals surface area contributed by atoms with Crippen molar-refractivity contribution in [3.8, 4) is 0 Å². The standard InChI is InChI=1S/C12H22N6O/c1-13-10-15-11(14-6-2-5-9-19)17-12(16-10)18-7-3-4-8-18/h19H,2-9H2,1H3,(H2,13,14,15,16,17). The SMILES string of the molecule is CNc1nc(NCCCCO)nc(N2CCCC2)n1. The molecule has 19 heavy (non-hydrogen) atoms. The second-order valence-electron chi connectivity index (χ2n) is 4.58. The molecule has 1 aromatic heterocycles. The fourth-order valence-electron chi connectivity index (χ4n) is 2.05. The Bertz CT molecular complexity index is 394. The number of unbranched alkanes of at least 4 members (excludes halogenated alkanes) is 1. The topological polar surface area (TPSA) is 86.2 Å². The molecule has 2 rings (SSSR count). The number of nitrogens with zero attached hydrogens (tertiary/aromatic N) is 4. The average Bonchev–Trinajstić information content (AvgIpc) is 2.97. The third kappa shape index (κ3) is 3.92. The Hall–Kier alpha value is -1.63. The molecule has 0 unspecified atom stereocenters. The van der Waals surface area contributed by atoms with Crippen molar-refractivity contribution in [1.82, 2.24) is 15.0 Å². The maximum Gasteiger partial charge on any atom is 0.231 e. The zero-order valence-electron chi connectivity index (χ0n) is 11.4. The van der Waals surface area contributed by atoms with E-state index in [1.165, 1.54) is 12.8 Å². The lowest BCUT2D eigenvalue weighted by Gasteiger charge is -2.16. The molecule has 0 bridgehead atoms. The summed E-state index contributed by atoms with van der Waals surface area (Å²) < 4.78 is 0. The molecule has 1 saturated heterocycles. The zero-order chi connectivity index (χ0) is 13.5. The van der Waals surface area contributed by atoms with Crippen LogP contribution in [0.2, 0.25) is 0 Å². The lowest BCUT2D eigenvalue weighted by atomic mass is 10.3. The lowest BCUT2D eigenvalue weighted by molar-refractivity contribution is 0.286. The summed E-state index contributed by atoms with van der Waals surface area (Å²) in [5.74, 6) is 1.92. The molecule has 3 N–H and O–H groups in total. The van der Waals surface area contributed by atoms with Crippen molar-refractivity contribution in [3.63, 3.8) is 0 Å². The van der Waals surface area contributed by atoms with E-state index in [0.717, 1.165) is 38.4 Å². The highest BCUT2D eigenvalue weighted by molar-refractivity contribution is 5.43. The second kappa shape index (κ2) is 7.08. The van der Waals surface area contributed by atoms with E-state index >= 15 is 0 Å². The van der Waals surface area contributed by atoms with E-state index in [9.17, 15) is 0 Å². The third-order valence-corrected chi connectivity index (χ3v) is 3.10. The number of nitrogens with one attached hydrogen (secondary N) is 2. The van der Waals surface area contributed by atoms with Gasteiger partial charge in [0.2, 0.25) is 17.8 Å². The van der Waals surface area contributed by atoms with Crippen LogP contribution in [-0.2, 0) is 0 Å². The first-order valence-electron chi connectivity index (χ1n) is 6.87. The van der Waals surface area contributed by atoms with Gasteiger partial charge in [-0.2, -0.15) is 15.0 Å². The molecular formula is C12H22N6O. The highest BCUT2D eigenvalue weighted by Crippen LogP contribution is 2.18. The predicted molar refractivity (Wildman–Crippen MR) is 75.6 cm³/mol. The summed E-state index contributed by atoms with van der Waals surface area (Å²) in [5.41, 5.74) is 0. The van der Waals surface area contributed by atoms with Crippen LogP contribution in [0.5, 0.6) is 0 Å². The first-order valence-corrected chi connectivity index (χ1v) is 6.87. The molecule has 106 valence electrons. The second-order valence-corrected chi connectivity index (χ2v) is 4.58. The summed E-state index contributed by atoms with van der Waals surface area (Å²) in [7, 11) is 1.80. The van der Waals surface area contributed by atoms with E-state index < -0.39 is 0 Å². The van der Waals surface area contributed by atoms with Crippen molar-refractivity contribution in [2.75, 3.05) is 48.8 Å². The Morgan fingerprint density at radius 2 is 1.84 bits per heavy atom. The molecule has 0 aromatic carbocycles. The van der Waals surface area contributed by atoms with Gasteiger partial charge in [-0.1, -0.05) is 0 Å². The van der Waals surface area contributed by atoms with Crippen molar-refractivity contribution in [3.05, 3.63) is 0 Å². The molecule has 1 fully saturated rings. The van der Waals surface area contributed by atoms with E-state index in [4.69, 9.17) is 5.11 Å². The van der Waals surface area contributed by atoms with Gasteiger partial charge in [0.25, 0.3) is 0 Å². The van der Waals surface area contributed by atoms with E-state index in [2.05, 4.69) is 30.5 Å². The molecule has 1 aliphatic rings. The highest BCUT2D eigenvalue weighted by atomic mass is 16.2. The van der Waals surface area contributed by atoms with Crippen LogP contribution in [0.4, 0.5) is 17.8 Å². The summed E-state index contributed by atoms with van der Waals surface area (Å²) >= 11 is 0. The normalized spacial score (nSPS) is 14.7. The maximum absolute atomic E-state index is 8.75. The first kappa shape index (κ1) is 13.8. The van der Waals surface area contributed by atoms with Crippen LogP contribution < -0.4 is 15.5 Å². The molecule has 0 spiro atoms. The van der Waals surface area contributed by atoms with Crippen molar-refractivity contribution in [2.45, 2.75) is 25.7 Å². The monoisotopic (exact) mass is 266 g/mol. The third-order valence-electron chi connectivity index (χ3n) is 3.10. The van der Waals surface area contributed by atoms with Gasteiger partial charge in [-0.05, 0) is 25.7 Å². The van der Waals surface area contributed by atoms with Crippen molar-refractivity contribution >= 4 is 17.8 Å². The van der Waals surface area contributed by atoms with Gasteiger partial charge in [0.1, 0.15) is 0 Å². The van der Waals surface area contributed by atoms with Gasteiger partial charge in [-0.15, -0.1) is 0 Å². The summed E-state index contributed by atoms with van der Waals surface area (Å²) in [5, 5.41) is 14.9. The van der Waals surface area contributed by atoms with E-state index in [1.807, 2.05) is 0 Å². The Kier molecular flexibility index (Phi) is 5.14. The number of hydrogen-bond donors (Lipinski definition) is 3. The van der Waals surface area contributed by atoms with Crippen LogP contribution in [0.3, 0.4) is 0 Å². The fraction of sp³-hybridized carbons (Fsp3) is 0.750. The van der Waals surface area contributed by atoms with Crippen LogP contribution in [0.1, 0.15) is 25.7 Å². The minimum Gasteiger partial charge on any atom is -0.396 e. The smallest absolute Gasteiger partial charge is 0.231 e. The average molecular weight is 266 g/mol. The molecule has 1 aliphatic heterocycles. The van der Waals surface area contributed by atoms with Gasteiger partial charge in [-0.25, -0.2) is 0 Å². The highest BCUT2D eigenvalue weighted by Gasteiger charge is 2.16. The number of hydrogen-bond acceptors (Lipinski definition) is 7. The molecule has 7 nitrogen and oxygen atoms in total. The van der Waals surface area contributed by atoms with Gasteiger partial charge >= 0.3 is 0 Å². The lowest BCUT2D eigenvalue weighted by Crippen LogP contribution is -2.22. The molecule has 0 radical (unpaired) electrons. The molecule has 2 heterocycles. The van der Waals surface area contributed by atoms with Crippen molar-refractivity contribution in [2.24, 2.45) is 0 Å². The summed E-state index contributed by atoms with van der Waals surface area (Å²) in [6, 6.07) is 0. The van der Waals surface area contributed by atoms with Crippen molar-refractivity contribution < 1.29 is 5.11 Å². The Morgan fingerprint density at radius 3 is 2.53 bits per heavy atom. The Morgan fingerprint density at radius 1 is 1.11 bits per heavy atom. The summed E-state index contributed by atoms with van der Waals surface area (Å²) in [6.45, 7) is 3.00. The van der Waals surface area contributed by atoms with Crippen molar-refractivity contribution in [1.29, 1.82) is 0 Å². The van der Waals surface area contributed by atoms with Gasteiger partial charge in [0.05, 0.1) is 0 Å². The van der Waals surface area contributed by atoms with Gasteiger partial charge < -0.3 is 20.6 Å². The van der Waals surface area contributed by atoms with E-state index in [-0.39, 0.29) is 6.61 Å². The molecule has 1 aromatic rings. The van der Waals surface area contributed by atoms with Crippen LogP contribution in [-0.4, -0.2) is 53.3 Å².